The van der Waals surface area contributed by atoms with Gasteiger partial charge in [0.2, 0.25) is 0 Å². The van der Waals surface area contributed by atoms with Crippen molar-refractivity contribution in [2.75, 3.05) is 52.9 Å². The van der Waals surface area contributed by atoms with E-state index in [0.717, 1.165) is 38.4 Å². The van der Waals surface area contributed by atoms with Gasteiger partial charge in [-0.3, -0.25) is 4.90 Å². The van der Waals surface area contributed by atoms with E-state index in [1.165, 1.54) is 0 Å². The van der Waals surface area contributed by atoms with Crippen LogP contribution in [0, 0.1) is 0 Å². The van der Waals surface area contributed by atoms with Gasteiger partial charge in [-0.15, -0.1) is 11.6 Å². The number of nitrogens with zero attached hydrogens (tertiary/aromatic N) is 1. The summed E-state index contributed by atoms with van der Waals surface area (Å²) in [5, 5.41) is 0. The summed E-state index contributed by atoms with van der Waals surface area (Å²) in [5.41, 5.74) is 1.03. The molecule has 0 amide bonds. The molecule has 0 fully saturated rings. The Bertz CT molecular complexity index is 145. The van der Waals surface area contributed by atoms with Gasteiger partial charge in [-0.1, -0.05) is 6.58 Å². The lowest BCUT2D eigenvalue weighted by molar-refractivity contribution is 0.119. The standard InChI is InChI=1S/C10H20ClNO2/c1-10(8-11)9-12(4-6-13-2)5-7-14-3/h1,4-9H2,2-3H3. The van der Waals surface area contributed by atoms with Crippen molar-refractivity contribution in [3.63, 3.8) is 0 Å². The minimum Gasteiger partial charge on any atom is -0.383 e. The first-order chi connectivity index (χ1) is 6.74. The van der Waals surface area contributed by atoms with Crippen molar-refractivity contribution in [2.45, 2.75) is 0 Å². The number of halogens is 1. The molecule has 0 radical (unpaired) electrons. The van der Waals surface area contributed by atoms with E-state index in [1.54, 1.807) is 14.2 Å². The first kappa shape index (κ1) is 13.9. The van der Waals surface area contributed by atoms with Crippen molar-refractivity contribution in [2.24, 2.45) is 0 Å². The monoisotopic (exact) mass is 221 g/mol. The van der Waals surface area contributed by atoms with Gasteiger partial charge in [0.1, 0.15) is 0 Å². The van der Waals surface area contributed by atoms with Crippen LogP contribution in [0.25, 0.3) is 0 Å². The lowest BCUT2D eigenvalue weighted by Gasteiger charge is -2.21. The van der Waals surface area contributed by atoms with Gasteiger partial charge in [0.15, 0.2) is 0 Å². The van der Waals surface area contributed by atoms with Crippen LogP contribution < -0.4 is 0 Å². The van der Waals surface area contributed by atoms with Crippen molar-refractivity contribution >= 4 is 11.6 Å². The van der Waals surface area contributed by atoms with Gasteiger partial charge in [0.05, 0.1) is 13.2 Å². The van der Waals surface area contributed by atoms with Crippen LogP contribution in [-0.2, 0) is 9.47 Å². The molecule has 0 N–H and O–H groups in total. The summed E-state index contributed by atoms with van der Waals surface area (Å²) in [6.07, 6.45) is 0. The van der Waals surface area contributed by atoms with E-state index in [2.05, 4.69) is 11.5 Å². The molecule has 14 heavy (non-hydrogen) atoms. The summed E-state index contributed by atoms with van der Waals surface area (Å²) in [6, 6.07) is 0. The molecule has 3 nitrogen and oxygen atoms in total. The zero-order chi connectivity index (χ0) is 10.8. The average Bonchev–Trinajstić information content (AvgIpc) is 2.21. The van der Waals surface area contributed by atoms with Crippen LogP contribution in [0.3, 0.4) is 0 Å². The first-order valence-corrected chi connectivity index (χ1v) is 5.20. The second-order valence-corrected chi connectivity index (χ2v) is 3.41. The van der Waals surface area contributed by atoms with E-state index < -0.39 is 0 Å². The number of hydrogen-bond acceptors (Lipinski definition) is 3. The highest BCUT2D eigenvalue weighted by Crippen LogP contribution is 1.99. The van der Waals surface area contributed by atoms with Gasteiger partial charge < -0.3 is 9.47 Å². The average molecular weight is 222 g/mol. The van der Waals surface area contributed by atoms with E-state index in [9.17, 15) is 0 Å². The molecule has 0 aliphatic carbocycles. The maximum absolute atomic E-state index is 5.68. The fourth-order valence-corrected chi connectivity index (χ4v) is 1.15. The molecule has 0 atom stereocenters. The van der Waals surface area contributed by atoms with Crippen molar-refractivity contribution in [1.29, 1.82) is 0 Å². The van der Waals surface area contributed by atoms with Gasteiger partial charge in [-0.25, -0.2) is 0 Å². The Labute approximate surface area is 91.6 Å². The lowest BCUT2D eigenvalue weighted by Crippen LogP contribution is -2.32. The Morgan fingerprint density at radius 2 is 1.71 bits per heavy atom. The summed E-state index contributed by atoms with van der Waals surface area (Å²) in [7, 11) is 3.40. The third-order valence-corrected chi connectivity index (χ3v) is 2.24. The zero-order valence-electron chi connectivity index (χ0n) is 9.09. The van der Waals surface area contributed by atoms with Gasteiger partial charge in [0.25, 0.3) is 0 Å². The highest BCUT2D eigenvalue weighted by molar-refractivity contribution is 6.19. The molecule has 0 saturated carbocycles. The van der Waals surface area contributed by atoms with Crippen LogP contribution in [0.2, 0.25) is 0 Å². The van der Waals surface area contributed by atoms with E-state index in [4.69, 9.17) is 21.1 Å². The van der Waals surface area contributed by atoms with Crippen LogP contribution in [0.4, 0.5) is 0 Å². The van der Waals surface area contributed by atoms with Crippen molar-refractivity contribution < 1.29 is 9.47 Å². The molecule has 84 valence electrons. The molecular weight excluding hydrogens is 202 g/mol. The number of methoxy groups -OCH3 is 2. The third-order valence-electron chi connectivity index (χ3n) is 1.86. The molecule has 4 heteroatoms. The third kappa shape index (κ3) is 7.33. The fraction of sp³-hybridized carbons (Fsp3) is 0.800. The number of ether oxygens (including phenoxy) is 2. The number of rotatable bonds is 9. The molecule has 0 heterocycles. The second kappa shape index (κ2) is 9.46. The summed E-state index contributed by atoms with van der Waals surface area (Å²) in [5.74, 6) is 0.510. The van der Waals surface area contributed by atoms with E-state index in [0.29, 0.717) is 5.88 Å². The SMILES string of the molecule is C=C(CCl)CN(CCOC)CCOC. The Morgan fingerprint density at radius 3 is 2.07 bits per heavy atom. The molecular formula is C10H20ClNO2. The normalized spacial score (nSPS) is 10.9. The lowest BCUT2D eigenvalue weighted by atomic mass is 10.3. The summed E-state index contributed by atoms with van der Waals surface area (Å²) in [4.78, 5) is 2.22. The molecule has 0 aromatic carbocycles. The van der Waals surface area contributed by atoms with Gasteiger partial charge in [-0.2, -0.15) is 0 Å². The summed E-state index contributed by atoms with van der Waals surface area (Å²) >= 11 is 5.68. The number of hydrogen-bond donors (Lipinski definition) is 0. The molecule has 0 aliphatic rings. The maximum Gasteiger partial charge on any atom is 0.0589 e. The van der Waals surface area contributed by atoms with Crippen LogP contribution in [-0.4, -0.2) is 57.8 Å². The van der Waals surface area contributed by atoms with Crippen LogP contribution in [0.15, 0.2) is 12.2 Å². The predicted molar refractivity (Wildman–Crippen MR) is 60.1 cm³/mol. The molecule has 0 spiro atoms. The minimum absolute atomic E-state index is 0.510. The molecule has 0 rings (SSSR count). The zero-order valence-corrected chi connectivity index (χ0v) is 9.85. The molecule has 0 aliphatic heterocycles. The Kier molecular flexibility index (Phi) is 9.40. The maximum atomic E-state index is 5.68. The van der Waals surface area contributed by atoms with Crippen LogP contribution in [0.1, 0.15) is 0 Å². The smallest absolute Gasteiger partial charge is 0.0589 e. The van der Waals surface area contributed by atoms with E-state index in [-0.39, 0.29) is 0 Å². The predicted octanol–water partition coefficient (Wildman–Crippen LogP) is 1.38. The van der Waals surface area contributed by atoms with Crippen molar-refractivity contribution in [1.82, 2.24) is 4.90 Å². The highest BCUT2D eigenvalue weighted by Gasteiger charge is 2.05. The molecule has 0 saturated heterocycles. The number of alkyl halides is 1. The van der Waals surface area contributed by atoms with Gasteiger partial charge >= 0.3 is 0 Å². The topological polar surface area (TPSA) is 21.7 Å². The minimum atomic E-state index is 0.510. The summed E-state index contributed by atoms with van der Waals surface area (Å²) < 4.78 is 10.0. The van der Waals surface area contributed by atoms with E-state index >= 15 is 0 Å². The van der Waals surface area contributed by atoms with Gasteiger partial charge in [0, 0.05) is 39.7 Å². The Morgan fingerprint density at radius 1 is 1.21 bits per heavy atom. The first-order valence-electron chi connectivity index (χ1n) is 4.67. The van der Waals surface area contributed by atoms with Gasteiger partial charge in [-0.05, 0) is 5.57 Å². The molecule has 0 aromatic rings. The second-order valence-electron chi connectivity index (χ2n) is 3.15. The van der Waals surface area contributed by atoms with E-state index in [1.807, 2.05) is 0 Å². The largest absolute Gasteiger partial charge is 0.383 e. The Balaban J connectivity index is 3.77. The molecule has 0 unspecified atom stereocenters. The highest BCUT2D eigenvalue weighted by atomic mass is 35.5. The van der Waals surface area contributed by atoms with Crippen LogP contribution in [0.5, 0.6) is 0 Å². The molecule has 0 bridgehead atoms. The van der Waals surface area contributed by atoms with Crippen molar-refractivity contribution in [3.05, 3.63) is 12.2 Å². The van der Waals surface area contributed by atoms with Crippen LogP contribution >= 0.6 is 11.6 Å². The summed E-state index contributed by atoms with van der Waals surface area (Å²) in [6.45, 7) is 7.90. The van der Waals surface area contributed by atoms with Crippen molar-refractivity contribution in [3.8, 4) is 0 Å². The quantitative estimate of drug-likeness (QED) is 0.434. The fourth-order valence-electron chi connectivity index (χ4n) is 1.07. The molecule has 0 aromatic heterocycles. The Hall–Kier alpha value is -0.0900.